The Morgan fingerprint density at radius 2 is 1.56 bits per heavy atom. The smallest absolute Gasteiger partial charge is 0.196 e. The molecule has 4 rings (SSSR count). The van der Waals surface area contributed by atoms with Crippen LogP contribution in [0.3, 0.4) is 0 Å². The van der Waals surface area contributed by atoms with Gasteiger partial charge in [0.2, 0.25) is 0 Å². The highest BCUT2D eigenvalue weighted by Gasteiger charge is 2.18. The van der Waals surface area contributed by atoms with Gasteiger partial charge < -0.3 is 0 Å². The monoisotopic (exact) mass is 395 g/mol. The van der Waals surface area contributed by atoms with Gasteiger partial charge in [-0.3, -0.25) is 4.57 Å². The van der Waals surface area contributed by atoms with E-state index < -0.39 is 0 Å². The van der Waals surface area contributed by atoms with Crippen molar-refractivity contribution in [1.82, 2.24) is 14.8 Å². The van der Waals surface area contributed by atoms with Crippen LogP contribution in [0.15, 0.2) is 84.0 Å². The fraction of sp³-hybridized carbons (Fsp3) is 0.0476. The van der Waals surface area contributed by atoms with Crippen molar-refractivity contribution in [1.29, 1.82) is 0 Å². The van der Waals surface area contributed by atoms with Crippen molar-refractivity contribution in [3.63, 3.8) is 0 Å². The Hall–Kier alpha value is -2.63. The molecule has 0 aliphatic carbocycles. The van der Waals surface area contributed by atoms with Crippen LogP contribution >= 0.6 is 23.4 Å². The Morgan fingerprint density at radius 3 is 2.30 bits per heavy atom. The van der Waals surface area contributed by atoms with Crippen molar-refractivity contribution in [2.45, 2.75) is 10.9 Å². The first-order chi connectivity index (χ1) is 13.2. The SMILES string of the molecule is Fc1ccccc1-c1nnc(SCc2ccc(Cl)cc2)n1-c1ccccc1. The second kappa shape index (κ2) is 7.94. The number of halogens is 2. The van der Waals surface area contributed by atoms with E-state index >= 15 is 0 Å². The van der Waals surface area contributed by atoms with Gasteiger partial charge >= 0.3 is 0 Å². The van der Waals surface area contributed by atoms with Gasteiger partial charge in [-0.2, -0.15) is 0 Å². The maximum Gasteiger partial charge on any atom is 0.196 e. The van der Waals surface area contributed by atoms with Crippen LogP contribution < -0.4 is 0 Å². The first-order valence-corrected chi connectivity index (χ1v) is 9.72. The summed E-state index contributed by atoms with van der Waals surface area (Å²) in [5, 5.41) is 10.0. The molecule has 0 atom stereocenters. The van der Waals surface area contributed by atoms with E-state index in [9.17, 15) is 4.39 Å². The van der Waals surface area contributed by atoms with Crippen molar-refractivity contribution in [3.05, 3.63) is 95.3 Å². The second-order valence-electron chi connectivity index (χ2n) is 5.87. The lowest BCUT2D eigenvalue weighted by atomic mass is 10.2. The lowest BCUT2D eigenvalue weighted by molar-refractivity contribution is 0.629. The van der Waals surface area contributed by atoms with E-state index in [2.05, 4.69) is 10.2 Å². The second-order valence-corrected chi connectivity index (χ2v) is 7.25. The average Bonchev–Trinajstić information content (AvgIpc) is 3.12. The van der Waals surface area contributed by atoms with Crippen molar-refractivity contribution in [3.8, 4) is 17.1 Å². The topological polar surface area (TPSA) is 30.7 Å². The van der Waals surface area contributed by atoms with E-state index in [1.165, 1.54) is 6.07 Å². The number of thioether (sulfide) groups is 1. The zero-order valence-electron chi connectivity index (χ0n) is 14.2. The molecule has 1 heterocycles. The molecule has 4 aromatic rings. The van der Waals surface area contributed by atoms with Gasteiger partial charge in [0.05, 0.1) is 5.56 Å². The largest absolute Gasteiger partial charge is 0.270 e. The fourth-order valence-electron chi connectivity index (χ4n) is 2.72. The molecule has 0 N–H and O–H groups in total. The van der Waals surface area contributed by atoms with Crippen molar-refractivity contribution < 1.29 is 4.39 Å². The summed E-state index contributed by atoms with van der Waals surface area (Å²) in [4.78, 5) is 0. The minimum Gasteiger partial charge on any atom is -0.270 e. The highest BCUT2D eigenvalue weighted by molar-refractivity contribution is 7.98. The van der Waals surface area contributed by atoms with Gasteiger partial charge in [-0.15, -0.1) is 10.2 Å². The predicted molar refractivity (Wildman–Crippen MR) is 108 cm³/mol. The zero-order chi connectivity index (χ0) is 18.6. The number of aromatic nitrogens is 3. The first-order valence-electron chi connectivity index (χ1n) is 8.35. The summed E-state index contributed by atoms with van der Waals surface area (Å²) in [6.45, 7) is 0. The molecule has 0 aliphatic rings. The van der Waals surface area contributed by atoms with Crippen LogP contribution in [0.25, 0.3) is 17.1 Å². The van der Waals surface area contributed by atoms with Crippen LogP contribution in [0, 0.1) is 5.82 Å². The van der Waals surface area contributed by atoms with Gasteiger partial charge in [0.25, 0.3) is 0 Å². The van der Waals surface area contributed by atoms with Crippen LogP contribution in [0.5, 0.6) is 0 Å². The molecule has 6 heteroatoms. The Bertz CT molecular complexity index is 1050. The molecule has 27 heavy (non-hydrogen) atoms. The Morgan fingerprint density at radius 1 is 0.852 bits per heavy atom. The third-order valence-electron chi connectivity index (χ3n) is 4.04. The van der Waals surface area contributed by atoms with Crippen LogP contribution in [0.2, 0.25) is 5.02 Å². The van der Waals surface area contributed by atoms with Crippen molar-refractivity contribution in [2.75, 3.05) is 0 Å². The normalized spacial score (nSPS) is 10.9. The van der Waals surface area contributed by atoms with E-state index in [0.717, 1.165) is 11.3 Å². The van der Waals surface area contributed by atoms with Crippen LogP contribution in [0.4, 0.5) is 4.39 Å². The van der Waals surface area contributed by atoms with E-state index in [1.54, 1.807) is 30.0 Å². The molecule has 0 aliphatic heterocycles. The molecular formula is C21H15ClFN3S. The third kappa shape index (κ3) is 3.89. The number of rotatable bonds is 5. The van der Waals surface area contributed by atoms with Crippen LogP contribution in [0.1, 0.15) is 5.56 Å². The molecule has 0 saturated carbocycles. The molecule has 0 radical (unpaired) electrons. The van der Waals surface area contributed by atoms with Gasteiger partial charge in [0.1, 0.15) is 5.82 Å². The molecule has 0 bridgehead atoms. The minimum atomic E-state index is -0.323. The number of hydrogen-bond acceptors (Lipinski definition) is 3. The molecule has 0 amide bonds. The van der Waals surface area contributed by atoms with Gasteiger partial charge in [-0.25, -0.2) is 4.39 Å². The molecule has 0 fully saturated rings. The van der Waals surface area contributed by atoms with Crippen molar-refractivity contribution >= 4 is 23.4 Å². The Kier molecular flexibility index (Phi) is 5.23. The highest BCUT2D eigenvalue weighted by Crippen LogP contribution is 2.30. The summed E-state index contributed by atoms with van der Waals surface area (Å²) in [5.41, 5.74) is 2.44. The third-order valence-corrected chi connectivity index (χ3v) is 5.30. The number of para-hydroxylation sites is 1. The maximum absolute atomic E-state index is 14.4. The molecule has 0 saturated heterocycles. The summed E-state index contributed by atoms with van der Waals surface area (Å²) in [6, 6.07) is 24.0. The molecular weight excluding hydrogens is 381 g/mol. The quantitative estimate of drug-likeness (QED) is 0.387. The van der Waals surface area contributed by atoms with Crippen molar-refractivity contribution in [2.24, 2.45) is 0 Å². The van der Waals surface area contributed by atoms with E-state index in [1.807, 2.05) is 59.2 Å². The van der Waals surface area contributed by atoms with Gasteiger partial charge in [-0.05, 0) is 42.0 Å². The van der Waals surface area contributed by atoms with E-state index in [-0.39, 0.29) is 5.82 Å². The molecule has 3 aromatic carbocycles. The number of benzene rings is 3. The Balaban J connectivity index is 1.73. The van der Waals surface area contributed by atoms with E-state index in [4.69, 9.17) is 11.6 Å². The lowest BCUT2D eigenvalue weighted by Gasteiger charge is -2.11. The zero-order valence-corrected chi connectivity index (χ0v) is 15.8. The Labute approximate surface area is 165 Å². The molecule has 0 spiro atoms. The van der Waals surface area contributed by atoms with Crippen LogP contribution in [-0.4, -0.2) is 14.8 Å². The average molecular weight is 396 g/mol. The summed E-state index contributed by atoms with van der Waals surface area (Å²) < 4.78 is 16.3. The summed E-state index contributed by atoms with van der Waals surface area (Å²) in [6.07, 6.45) is 0. The van der Waals surface area contributed by atoms with Gasteiger partial charge in [-0.1, -0.05) is 65.8 Å². The molecule has 3 nitrogen and oxygen atoms in total. The van der Waals surface area contributed by atoms with Gasteiger partial charge in [0, 0.05) is 16.5 Å². The first kappa shape index (κ1) is 17.8. The van der Waals surface area contributed by atoms with E-state index in [0.29, 0.717) is 27.3 Å². The summed E-state index contributed by atoms with van der Waals surface area (Å²) in [5.74, 6) is 0.869. The molecule has 134 valence electrons. The standard InChI is InChI=1S/C21H15ClFN3S/c22-16-12-10-15(11-13-16)14-27-21-25-24-20(18-8-4-5-9-19(18)23)26(21)17-6-2-1-3-7-17/h1-13H,14H2. The number of hydrogen-bond donors (Lipinski definition) is 0. The number of nitrogens with zero attached hydrogens (tertiary/aromatic N) is 3. The predicted octanol–water partition coefficient (Wildman–Crippen LogP) is 6.02. The maximum atomic E-state index is 14.4. The van der Waals surface area contributed by atoms with Gasteiger partial charge in [0.15, 0.2) is 11.0 Å². The van der Waals surface area contributed by atoms with Crippen LogP contribution in [-0.2, 0) is 5.75 Å². The summed E-state index contributed by atoms with van der Waals surface area (Å²) >= 11 is 7.50. The highest BCUT2D eigenvalue weighted by atomic mass is 35.5. The molecule has 1 aromatic heterocycles. The lowest BCUT2D eigenvalue weighted by Crippen LogP contribution is -2.00. The minimum absolute atomic E-state index is 0.323. The summed E-state index contributed by atoms with van der Waals surface area (Å²) in [7, 11) is 0. The molecule has 0 unspecified atom stereocenters. The fourth-order valence-corrected chi connectivity index (χ4v) is 3.75.